The van der Waals surface area contributed by atoms with Gasteiger partial charge in [0.15, 0.2) is 0 Å². The minimum atomic E-state index is -1.48. The Morgan fingerprint density at radius 3 is 0.892 bits per heavy atom. The van der Waals surface area contributed by atoms with E-state index in [1.54, 1.807) is 0 Å². The van der Waals surface area contributed by atoms with Gasteiger partial charge in [-0.3, -0.25) is 28.8 Å². The lowest BCUT2D eigenvalue weighted by molar-refractivity contribution is -0.142. The number of hydrogen-bond acceptors (Lipinski definition) is 13. The number of amides is 2. The lowest BCUT2D eigenvalue weighted by atomic mass is 10.1. The van der Waals surface area contributed by atoms with Crippen LogP contribution in [0.4, 0.5) is 0 Å². The summed E-state index contributed by atoms with van der Waals surface area (Å²) in [6, 6.07) is 0. The predicted molar refractivity (Wildman–Crippen MR) is 264 cm³/mol. The molecular formula is C47H89Cl2N5O10S. The van der Waals surface area contributed by atoms with Crippen molar-refractivity contribution in [1.29, 1.82) is 0 Å². The number of halogens is 2. The van der Waals surface area contributed by atoms with Crippen LogP contribution in [0.2, 0.25) is 0 Å². The fraction of sp³-hybridized carbons (Fsp3) is 0.872. The lowest BCUT2D eigenvalue weighted by Crippen LogP contribution is -2.35. The molecule has 0 aromatic heterocycles. The van der Waals surface area contributed by atoms with Crippen molar-refractivity contribution in [3.63, 3.8) is 0 Å². The van der Waals surface area contributed by atoms with E-state index in [0.717, 1.165) is 141 Å². The molecule has 18 heteroatoms. The van der Waals surface area contributed by atoms with E-state index in [2.05, 4.69) is 25.3 Å². The van der Waals surface area contributed by atoms with Gasteiger partial charge in [-0.1, -0.05) is 107 Å². The van der Waals surface area contributed by atoms with Crippen LogP contribution in [0, 0.1) is 0 Å². The fourth-order valence-corrected chi connectivity index (χ4v) is 8.66. The van der Waals surface area contributed by atoms with Gasteiger partial charge >= 0.3 is 23.9 Å². The Morgan fingerprint density at radius 2 is 0.615 bits per heavy atom. The van der Waals surface area contributed by atoms with Crippen molar-refractivity contribution < 1.29 is 47.7 Å². The third kappa shape index (κ3) is 42.7. The molecule has 2 amide bonds. The minimum absolute atomic E-state index is 0.0422. The van der Waals surface area contributed by atoms with Gasteiger partial charge in [-0.15, -0.1) is 0 Å². The van der Waals surface area contributed by atoms with E-state index in [0.29, 0.717) is 90.9 Å². The van der Waals surface area contributed by atoms with Gasteiger partial charge in [0.25, 0.3) is 0 Å². The molecule has 0 aromatic rings. The van der Waals surface area contributed by atoms with Gasteiger partial charge in [0.05, 0.1) is 54.1 Å². The summed E-state index contributed by atoms with van der Waals surface area (Å²) >= 11 is 0. The number of carbonyl (C=O) groups excluding carboxylic acids is 6. The second-order valence-electron chi connectivity index (χ2n) is 17.0. The molecule has 0 aromatic carbocycles. The molecule has 0 rings (SSSR count). The molecular weight excluding hydrogens is 898 g/mol. The first kappa shape index (κ1) is 62.6. The molecule has 0 unspecified atom stereocenters. The zero-order valence-electron chi connectivity index (χ0n) is 41.0. The maximum atomic E-state index is 12.8. The topological polar surface area (TPSA) is 173 Å². The van der Waals surface area contributed by atoms with E-state index in [-0.39, 0.29) is 35.7 Å². The zero-order chi connectivity index (χ0) is 48.4. The van der Waals surface area contributed by atoms with Crippen LogP contribution >= 0.6 is 29.8 Å². The summed E-state index contributed by atoms with van der Waals surface area (Å²) in [6.45, 7) is 7.25. The highest BCUT2D eigenvalue weighted by molar-refractivity contribution is 8.65. The zero-order valence-corrected chi connectivity index (χ0v) is 43.4. The Bertz CT molecular complexity index is 1150. The Labute approximate surface area is 403 Å². The smallest absolute Gasteiger partial charge is 0.306 e. The molecule has 0 aliphatic heterocycles. The second-order valence-corrected chi connectivity index (χ2v) is 23.7. The molecule has 0 bridgehead atoms. The highest BCUT2D eigenvalue weighted by Crippen LogP contribution is 2.55. The molecule has 0 spiro atoms. The van der Waals surface area contributed by atoms with Crippen LogP contribution in [-0.4, -0.2) is 163 Å². The Morgan fingerprint density at radius 1 is 0.369 bits per heavy atom. The quantitative estimate of drug-likeness (QED) is 0.0343. The van der Waals surface area contributed by atoms with Gasteiger partial charge in [0.1, 0.15) is 0 Å². The van der Waals surface area contributed by atoms with Crippen molar-refractivity contribution in [2.24, 2.45) is 0 Å². The number of hydrogen-bond donors (Lipinski definition) is 2. The van der Waals surface area contributed by atoms with Gasteiger partial charge in [0, 0.05) is 71.0 Å². The summed E-state index contributed by atoms with van der Waals surface area (Å²) in [5, 5.41) is 6.17. The van der Waals surface area contributed by atoms with E-state index in [1.807, 2.05) is 6.26 Å². The summed E-state index contributed by atoms with van der Waals surface area (Å²) < 4.78 is 19.0. The molecule has 382 valence electrons. The average molecular weight is 987 g/mol. The van der Waals surface area contributed by atoms with Crippen LogP contribution in [0.25, 0.3) is 0 Å². The molecule has 0 saturated heterocycles. The lowest BCUT2D eigenvalue weighted by Gasteiger charge is -2.22. The first-order valence-electron chi connectivity index (χ1n) is 24.4. The molecule has 0 radical (unpaired) electrons. The molecule has 0 saturated carbocycles. The SMILES string of the molecule is COC(=O)CCN(CCCCCCCCNC(=O)CCN(CCCCCCCCS(C)(Cl)Cl)CCC(=O)NCCCCCCCCN(CCC(=O)OC)CCC(=O)OC)CCC(=O)OC. The van der Waals surface area contributed by atoms with Gasteiger partial charge in [0.2, 0.25) is 11.8 Å². The summed E-state index contributed by atoms with van der Waals surface area (Å²) in [6.07, 6.45) is 22.8. The van der Waals surface area contributed by atoms with E-state index in [1.165, 1.54) is 28.4 Å². The Hall–Kier alpha value is -2.37. The first-order valence-corrected chi connectivity index (χ1v) is 28.2. The molecule has 0 fully saturated rings. The number of esters is 4. The van der Waals surface area contributed by atoms with Gasteiger partial charge in [-0.2, -0.15) is 0 Å². The highest BCUT2D eigenvalue weighted by Gasteiger charge is 2.14. The minimum Gasteiger partial charge on any atom is -0.469 e. The van der Waals surface area contributed by atoms with Crippen molar-refractivity contribution in [3.8, 4) is 0 Å². The summed E-state index contributed by atoms with van der Waals surface area (Å²) in [5.41, 5.74) is 0. The van der Waals surface area contributed by atoms with E-state index >= 15 is 0 Å². The van der Waals surface area contributed by atoms with E-state index in [4.69, 9.17) is 40.3 Å². The number of ether oxygens (including phenoxy) is 4. The van der Waals surface area contributed by atoms with Gasteiger partial charge in [-0.05, 0) is 64.4 Å². The molecule has 2 N–H and O–H groups in total. The number of nitrogens with zero attached hydrogens (tertiary/aromatic N) is 3. The number of carbonyl (C=O) groups is 6. The van der Waals surface area contributed by atoms with Crippen molar-refractivity contribution in [1.82, 2.24) is 25.3 Å². The molecule has 0 aliphatic carbocycles. The molecule has 65 heavy (non-hydrogen) atoms. The molecule has 0 heterocycles. The van der Waals surface area contributed by atoms with Gasteiger partial charge in [-0.25, -0.2) is 0 Å². The third-order valence-electron chi connectivity index (χ3n) is 11.4. The number of methoxy groups -OCH3 is 4. The van der Waals surface area contributed by atoms with Crippen molar-refractivity contribution in [2.45, 2.75) is 154 Å². The maximum Gasteiger partial charge on any atom is 0.306 e. The van der Waals surface area contributed by atoms with Crippen LogP contribution < -0.4 is 10.6 Å². The summed E-state index contributed by atoms with van der Waals surface area (Å²) in [5.74, 6) is -0.0769. The predicted octanol–water partition coefficient (Wildman–Crippen LogP) is 7.92. The van der Waals surface area contributed by atoms with Crippen LogP contribution in [0.5, 0.6) is 0 Å². The fourth-order valence-electron chi connectivity index (χ4n) is 7.30. The monoisotopic (exact) mass is 986 g/mol. The number of unbranched alkanes of at least 4 members (excludes halogenated alkanes) is 15. The average Bonchev–Trinajstić information content (AvgIpc) is 3.29. The maximum absolute atomic E-state index is 12.8. The number of nitrogens with one attached hydrogen (secondary N) is 2. The van der Waals surface area contributed by atoms with Crippen molar-refractivity contribution in [3.05, 3.63) is 0 Å². The van der Waals surface area contributed by atoms with Crippen LogP contribution in [0.3, 0.4) is 0 Å². The van der Waals surface area contributed by atoms with Crippen molar-refractivity contribution in [2.75, 3.05) is 112 Å². The Kier molecular flexibility index (Phi) is 41.4. The third-order valence-corrected chi connectivity index (χ3v) is 13.4. The normalized spacial score (nSPS) is 11.8. The second kappa shape index (κ2) is 42.9. The highest BCUT2D eigenvalue weighted by atomic mass is 36.0. The van der Waals surface area contributed by atoms with Gasteiger partial charge < -0.3 is 44.3 Å². The first-order chi connectivity index (χ1) is 31.2. The molecule has 15 nitrogen and oxygen atoms in total. The van der Waals surface area contributed by atoms with Crippen molar-refractivity contribution >= 4 is 65.5 Å². The Balaban J connectivity index is 4.53. The van der Waals surface area contributed by atoms with Crippen LogP contribution in [0.1, 0.15) is 154 Å². The largest absolute Gasteiger partial charge is 0.469 e. The van der Waals surface area contributed by atoms with Crippen LogP contribution in [0.15, 0.2) is 0 Å². The molecule has 0 aliphatic rings. The van der Waals surface area contributed by atoms with Crippen LogP contribution in [-0.2, 0) is 47.7 Å². The standard InChI is InChI=1S/C47H89Cl2N5O10S/c1-61-44(57)26-37-53(38-27-45(58)62-2)33-21-14-8-6-12-18-30-50-42(55)24-35-52(32-20-16-10-11-17-23-41-65(5,48)49)36-25-43(56)51-31-19-13-7-9-15-22-34-54(39-28-46(59)63-3)40-29-47(60)64-4/h6-41H2,1-5H3,(H,50,55)(H,51,56). The van der Waals surface area contributed by atoms with E-state index in [9.17, 15) is 28.8 Å². The van der Waals surface area contributed by atoms with E-state index < -0.39 is 8.46 Å². The molecule has 0 atom stereocenters. The summed E-state index contributed by atoms with van der Waals surface area (Å²) in [4.78, 5) is 78.5. The summed E-state index contributed by atoms with van der Waals surface area (Å²) in [7, 11) is 16.4. The number of rotatable bonds is 45.